The van der Waals surface area contributed by atoms with Crippen LogP contribution in [0.4, 0.5) is 0 Å². The van der Waals surface area contributed by atoms with E-state index in [0.717, 1.165) is 0 Å². The minimum Gasteiger partial charge on any atom is -0.390 e. The first-order valence-corrected chi connectivity index (χ1v) is 3.24. The molecule has 0 aliphatic heterocycles. The van der Waals surface area contributed by atoms with Gasteiger partial charge in [-0.3, -0.25) is 4.98 Å². The lowest BCUT2D eigenvalue weighted by molar-refractivity contribution is 0.0503. The number of pyridine rings is 1. The minimum absolute atomic E-state index is 0.155. The predicted molar refractivity (Wildman–Crippen MR) is 39.8 cm³/mol. The maximum Gasteiger partial charge on any atom is 0.358 e. The Kier molecular flexibility index (Phi) is 2.73. The summed E-state index contributed by atoms with van der Waals surface area (Å²) in [7, 11) is 0. The topological polar surface area (TPSA) is 85.4 Å². The van der Waals surface area contributed by atoms with Crippen molar-refractivity contribution in [3.63, 3.8) is 0 Å². The van der Waals surface area contributed by atoms with Crippen molar-refractivity contribution in [3.8, 4) is 0 Å². The summed E-state index contributed by atoms with van der Waals surface area (Å²) in [5.74, 6) is 4.00. The molecule has 0 aliphatic carbocycles. The maximum atomic E-state index is 10.8. The third-order valence-electron chi connectivity index (χ3n) is 1.33. The first-order chi connectivity index (χ1) is 5.77. The van der Waals surface area contributed by atoms with Crippen molar-refractivity contribution in [1.82, 2.24) is 4.98 Å². The molecule has 0 spiro atoms. The molecule has 0 radical (unpaired) electrons. The Morgan fingerprint density at radius 3 is 2.83 bits per heavy atom. The molecule has 0 unspecified atom stereocenters. The number of aliphatic hydroxyl groups is 1. The van der Waals surface area contributed by atoms with Gasteiger partial charge < -0.3 is 9.94 Å². The van der Waals surface area contributed by atoms with E-state index in [1.54, 1.807) is 0 Å². The number of hydrogen-bond acceptors (Lipinski definition) is 5. The first kappa shape index (κ1) is 8.63. The second kappa shape index (κ2) is 3.80. The fourth-order valence-electron chi connectivity index (χ4n) is 0.707. The molecule has 3 N–H and O–H groups in total. The van der Waals surface area contributed by atoms with Gasteiger partial charge >= 0.3 is 5.97 Å². The van der Waals surface area contributed by atoms with Gasteiger partial charge in [0, 0.05) is 6.20 Å². The summed E-state index contributed by atoms with van der Waals surface area (Å²) in [6.07, 6.45) is 1.29. The van der Waals surface area contributed by atoms with Gasteiger partial charge in [-0.25, -0.2) is 4.79 Å². The van der Waals surface area contributed by atoms with Crippen molar-refractivity contribution in [1.29, 1.82) is 0 Å². The summed E-state index contributed by atoms with van der Waals surface area (Å²) in [5, 5.41) is 8.62. The molecule has 0 amide bonds. The summed E-state index contributed by atoms with van der Waals surface area (Å²) in [6, 6.07) is 3.00. The van der Waals surface area contributed by atoms with Gasteiger partial charge in [0.2, 0.25) is 0 Å². The number of hydrogen-bond donors (Lipinski definition) is 2. The fourth-order valence-corrected chi connectivity index (χ4v) is 0.707. The Labute approximate surface area is 68.7 Å². The van der Waals surface area contributed by atoms with Crippen LogP contribution in [0, 0.1) is 0 Å². The molecule has 0 saturated carbocycles. The second-order valence-electron chi connectivity index (χ2n) is 2.10. The Hall–Kier alpha value is -1.46. The number of carbonyl (C=O) groups excluding carboxylic acids is 1. The van der Waals surface area contributed by atoms with Gasteiger partial charge in [-0.1, -0.05) is 0 Å². The average molecular weight is 168 g/mol. The Bertz CT molecular complexity index is 270. The van der Waals surface area contributed by atoms with Crippen LogP contribution in [0.3, 0.4) is 0 Å². The number of carbonyl (C=O) groups is 1. The number of aliphatic hydroxyl groups excluding tert-OH is 1. The zero-order valence-electron chi connectivity index (χ0n) is 6.23. The van der Waals surface area contributed by atoms with E-state index in [9.17, 15) is 4.79 Å². The molecular formula is C7H8N2O3. The van der Waals surface area contributed by atoms with Crippen LogP contribution >= 0.6 is 0 Å². The first-order valence-electron chi connectivity index (χ1n) is 3.24. The van der Waals surface area contributed by atoms with Crippen LogP contribution in [0.25, 0.3) is 0 Å². The van der Waals surface area contributed by atoms with Crippen LogP contribution in [-0.4, -0.2) is 16.1 Å². The van der Waals surface area contributed by atoms with Crippen molar-refractivity contribution in [3.05, 3.63) is 29.6 Å². The van der Waals surface area contributed by atoms with Crippen LogP contribution in [0.15, 0.2) is 18.3 Å². The monoisotopic (exact) mass is 168 g/mol. The largest absolute Gasteiger partial charge is 0.390 e. The van der Waals surface area contributed by atoms with E-state index in [2.05, 4.69) is 15.7 Å². The van der Waals surface area contributed by atoms with Crippen LogP contribution in [0.5, 0.6) is 0 Å². The van der Waals surface area contributed by atoms with Crippen molar-refractivity contribution < 1.29 is 14.7 Å². The summed E-state index contributed by atoms with van der Waals surface area (Å²) >= 11 is 0. The van der Waals surface area contributed by atoms with E-state index in [1.165, 1.54) is 18.3 Å². The molecule has 1 heterocycles. The smallest absolute Gasteiger partial charge is 0.358 e. The van der Waals surface area contributed by atoms with Gasteiger partial charge in [0.25, 0.3) is 0 Å². The van der Waals surface area contributed by atoms with E-state index in [0.29, 0.717) is 5.69 Å². The molecule has 1 aromatic heterocycles. The number of aromatic nitrogens is 1. The van der Waals surface area contributed by atoms with Crippen LogP contribution in [0.1, 0.15) is 16.1 Å². The van der Waals surface area contributed by atoms with Gasteiger partial charge in [0.1, 0.15) is 0 Å². The highest BCUT2D eigenvalue weighted by molar-refractivity contribution is 5.88. The zero-order valence-corrected chi connectivity index (χ0v) is 6.23. The zero-order chi connectivity index (χ0) is 8.97. The van der Waals surface area contributed by atoms with Gasteiger partial charge in [-0.2, -0.15) is 5.90 Å². The minimum atomic E-state index is -0.646. The molecule has 0 aliphatic rings. The highest BCUT2D eigenvalue weighted by atomic mass is 16.7. The van der Waals surface area contributed by atoms with Crippen LogP contribution in [0.2, 0.25) is 0 Å². The fraction of sp³-hybridized carbons (Fsp3) is 0.143. The molecule has 0 bridgehead atoms. The standard InChI is InChI=1S/C7H8N2O3/c8-12-7(11)5-1-2-6(4-10)9-3-5/h1-3,10H,4,8H2. The predicted octanol–water partition coefficient (Wildman–Crippen LogP) is -0.396. The number of nitrogens with zero attached hydrogens (tertiary/aromatic N) is 1. The molecule has 64 valence electrons. The van der Waals surface area contributed by atoms with E-state index in [4.69, 9.17) is 5.11 Å². The van der Waals surface area contributed by atoms with E-state index < -0.39 is 5.97 Å². The quantitative estimate of drug-likeness (QED) is 0.587. The van der Waals surface area contributed by atoms with E-state index >= 15 is 0 Å². The SMILES string of the molecule is NOC(=O)c1ccc(CO)nc1. The Morgan fingerprint density at radius 2 is 2.42 bits per heavy atom. The summed E-state index contributed by atoms with van der Waals surface area (Å²) in [6.45, 7) is -0.155. The third-order valence-corrected chi connectivity index (χ3v) is 1.33. The molecule has 5 heteroatoms. The maximum absolute atomic E-state index is 10.8. The number of nitrogens with two attached hydrogens (primary N) is 1. The molecule has 0 fully saturated rings. The lowest BCUT2D eigenvalue weighted by Gasteiger charge is -1.97. The lowest BCUT2D eigenvalue weighted by Crippen LogP contribution is -2.10. The Balaban J connectivity index is 2.84. The highest BCUT2D eigenvalue weighted by Gasteiger charge is 2.04. The molecule has 12 heavy (non-hydrogen) atoms. The van der Waals surface area contributed by atoms with E-state index in [-0.39, 0.29) is 12.2 Å². The van der Waals surface area contributed by atoms with Crippen molar-refractivity contribution in [2.75, 3.05) is 0 Å². The molecule has 1 rings (SSSR count). The average Bonchev–Trinajstić information content (AvgIpc) is 2.17. The second-order valence-corrected chi connectivity index (χ2v) is 2.10. The van der Waals surface area contributed by atoms with Gasteiger partial charge in [0.05, 0.1) is 17.9 Å². The van der Waals surface area contributed by atoms with Gasteiger partial charge in [-0.05, 0) is 12.1 Å². The molecule has 0 saturated heterocycles. The third kappa shape index (κ3) is 1.77. The van der Waals surface area contributed by atoms with E-state index in [1.807, 2.05) is 0 Å². The summed E-state index contributed by atoms with van der Waals surface area (Å²) in [4.78, 5) is 18.5. The molecule has 0 aromatic carbocycles. The molecule has 1 aromatic rings. The molecule has 5 nitrogen and oxygen atoms in total. The van der Waals surface area contributed by atoms with Crippen LogP contribution < -0.4 is 5.90 Å². The normalized spacial score (nSPS) is 9.50. The summed E-state index contributed by atoms with van der Waals surface area (Å²) < 4.78 is 0. The van der Waals surface area contributed by atoms with Crippen molar-refractivity contribution in [2.45, 2.75) is 6.61 Å². The lowest BCUT2D eigenvalue weighted by atomic mass is 10.2. The van der Waals surface area contributed by atoms with Crippen molar-refractivity contribution in [2.24, 2.45) is 5.90 Å². The Morgan fingerprint density at radius 1 is 1.67 bits per heavy atom. The summed E-state index contributed by atoms with van der Waals surface area (Å²) in [5.41, 5.74) is 0.748. The number of rotatable bonds is 2. The highest BCUT2D eigenvalue weighted by Crippen LogP contribution is 2.00. The van der Waals surface area contributed by atoms with Gasteiger partial charge in [0.15, 0.2) is 0 Å². The van der Waals surface area contributed by atoms with Gasteiger partial charge in [-0.15, -0.1) is 0 Å². The molecule has 0 atom stereocenters. The molecular weight excluding hydrogens is 160 g/mol. The van der Waals surface area contributed by atoms with Crippen LogP contribution in [-0.2, 0) is 11.4 Å². The van der Waals surface area contributed by atoms with Crippen molar-refractivity contribution >= 4 is 5.97 Å².